The fraction of sp³-hybridized carbons (Fsp3) is 0.464. The smallest absolute Gasteiger partial charge is 0.303 e. The Hall–Kier alpha value is -3.15. The van der Waals surface area contributed by atoms with Crippen molar-refractivity contribution in [1.29, 1.82) is 0 Å². The molecule has 1 atom stereocenters. The van der Waals surface area contributed by atoms with Crippen LogP contribution in [0.4, 0.5) is 0 Å². The number of aryl methyl sites for hydroxylation is 1. The van der Waals surface area contributed by atoms with Crippen LogP contribution in [0, 0.1) is 6.92 Å². The van der Waals surface area contributed by atoms with E-state index in [1.165, 1.54) is 0 Å². The predicted octanol–water partition coefficient (Wildman–Crippen LogP) is 5.75. The molecule has 0 spiro atoms. The van der Waals surface area contributed by atoms with E-state index in [1.54, 1.807) is 12.1 Å². The minimum Gasteiger partial charge on any atom is -0.508 e. The summed E-state index contributed by atoms with van der Waals surface area (Å²) in [4.78, 5) is 38.1. The number of ketones is 1. The second kappa shape index (κ2) is 12.4. The van der Waals surface area contributed by atoms with Gasteiger partial charge < -0.3 is 15.1 Å². The molecule has 0 saturated carbocycles. The molecule has 6 nitrogen and oxygen atoms in total. The topological polar surface area (TPSA) is 94.9 Å². The highest BCUT2D eigenvalue weighted by atomic mass is 16.4. The van der Waals surface area contributed by atoms with Gasteiger partial charge in [0.2, 0.25) is 5.91 Å². The van der Waals surface area contributed by atoms with E-state index in [1.807, 2.05) is 42.2 Å². The monoisotopic (exact) mass is 465 g/mol. The van der Waals surface area contributed by atoms with Gasteiger partial charge in [-0.05, 0) is 73.9 Å². The van der Waals surface area contributed by atoms with Gasteiger partial charge in [0, 0.05) is 37.4 Å². The normalized spacial score (nSPS) is 16.0. The van der Waals surface area contributed by atoms with E-state index in [2.05, 4.69) is 0 Å². The fourth-order valence-corrected chi connectivity index (χ4v) is 4.79. The zero-order valence-corrected chi connectivity index (χ0v) is 20.0. The number of phenolic OH excluding ortho intramolecular Hbond substituents is 1. The Morgan fingerprint density at radius 1 is 1.03 bits per heavy atom. The van der Waals surface area contributed by atoms with Crippen molar-refractivity contribution in [2.75, 3.05) is 6.54 Å². The second-order valence-corrected chi connectivity index (χ2v) is 9.23. The van der Waals surface area contributed by atoms with E-state index in [-0.39, 0.29) is 29.9 Å². The van der Waals surface area contributed by atoms with Crippen molar-refractivity contribution in [1.82, 2.24) is 4.90 Å². The van der Waals surface area contributed by atoms with Crippen molar-refractivity contribution < 1.29 is 24.6 Å². The Labute approximate surface area is 201 Å². The number of carbonyl (C=O) groups excluding carboxylic acids is 2. The highest BCUT2D eigenvalue weighted by Crippen LogP contribution is 2.28. The minimum atomic E-state index is -0.764. The highest BCUT2D eigenvalue weighted by molar-refractivity contribution is 5.97. The van der Waals surface area contributed by atoms with E-state index < -0.39 is 5.97 Å². The number of aromatic hydroxyl groups is 1. The number of amides is 1. The van der Waals surface area contributed by atoms with Crippen LogP contribution in [0.5, 0.6) is 5.75 Å². The van der Waals surface area contributed by atoms with Gasteiger partial charge in [-0.25, -0.2) is 0 Å². The van der Waals surface area contributed by atoms with Crippen LogP contribution < -0.4 is 0 Å². The largest absolute Gasteiger partial charge is 0.508 e. The van der Waals surface area contributed by atoms with Crippen LogP contribution in [0.25, 0.3) is 11.1 Å². The lowest BCUT2D eigenvalue weighted by atomic mass is 9.93. The first-order valence-corrected chi connectivity index (χ1v) is 12.3. The lowest BCUT2D eigenvalue weighted by molar-refractivity contribution is -0.137. The second-order valence-electron chi connectivity index (χ2n) is 9.23. The van der Waals surface area contributed by atoms with Crippen molar-refractivity contribution in [3.8, 4) is 16.9 Å². The number of benzene rings is 2. The fourth-order valence-electron chi connectivity index (χ4n) is 4.79. The molecule has 182 valence electrons. The minimum absolute atomic E-state index is 0.0740. The maximum absolute atomic E-state index is 13.0. The van der Waals surface area contributed by atoms with Crippen molar-refractivity contribution in [3.63, 3.8) is 0 Å². The molecule has 1 aliphatic rings. The van der Waals surface area contributed by atoms with Crippen LogP contribution in [0.3, 0.4) is 0 Å². The number of nitrogens with zero attached hydrogens (tertiary/aromatic N) is 1. The number of phenols is 1. The third-order valence-electron chi connectivity index (χ3n) is 6.64. The molecule has 1 heterocycles. The first-order valence-electron chi connectivity index (χ1n) is 12.3. The average Bonchev–Trinajstić information content (AvgIpc) is 2.80. The van der Waals surface area contributed by atoms with Gasteiger partial charge in [0.1, 0.15) is 5.75 Å². The lowest BCUT2D eigenvalue weighted by Crippen LogP contribution is -2.44. The third kappa shape index (κ3) is 7.17. The summed E-state index contributed by atoms with van der Waals surface area (Å²) in [6.45, 7) is 2.62. The zero-order valence-electron chi connectivity index (χ0n) is 20.0. The van der Waals surface area contributed by atoms with Crippen molar-refractivity contribution >= 4 is 17.7 Å². The average molecular weight is 466 g/mol. The Morgan fingerprint density at radius 2 is 1.82 bits per heavy atom. The lowest BCUT2D eigenvalue weighted by Gasteiger charge is -2.36. The number of piperidine rings is 1. The van der Waals surface area contributed by atoms with Crippen LogP contribution >= 0.6 is 0 Å². The number of unbranched alkanes of at least 4 members (excludes halogenated alkanes) is 3. The summed E-state index contributed by atoms with van der Waals surface area (Å²) in [5.41, 5.74) is 3.54. The Kier molecular flexibility index (Phi) is 9.25. The van der Waals surface area contributed by atoms with Gasteiger partial charge in [-0.2, -0.15) is 0 Å². The number of carboxylic acids is 1. The summed E-state index contributed by atoms with van der Waals surface area (Å²) in [5.74, 6) is -0.302. The number of carbonyl (C=O) groups is 3. The summed E-state index contributed by atoms with van der Waals surface area (Å²) in [7, 11) is 0. The number of carboxylic acid groups (broad SMARTS) is 1. The van der Waals surface area contributed by atoms with Gasteiger partial charge in [-0.1, -0.05) is 37.1 Å². The Balaban J connectivity index is 1.56. The molecule has 2 aromatic carbocycles. The van der Waals surface area contributed by atoms with E-state index in [4.69, 9.17) is 5.11 Å². The maximum Gasteiger partial charge on any atom is 0.303 e. The van der Waals surface area contributed by atoms with Crippen LogP contribution in [-0.4, -0.2) is 45.4 Å². The van der Waals surface area contributed by atoms with Gasteiger partial charge in [0.05, 0.1) is 0 Å². The summed E-state index contributed by atoms with van der Waals surface area (Å²) in [6.07, 6.45) is 6.90. The van der Waals surface area contributed by atoms with Gasteiger partial charge >= 0.3 is 5.97 Å². The zero-order chi connectivity index (χ0) is 24.5. The van der Waals surface area contributed by atoms with Crippen molar-refractivity contribution in [3.05, 3.63) is 53.6 Å². The van der Waals surface area contributed by atoms with Crippen LogP contribution in [0.1, 0.15) is 80.1 Å². The molecule has 1 fully saturated rings. The molecule has 3 rings (SSSR count). The molecule has 0 aliphatic carbocycles. The number of aliphatic carboxylic acids is 1. The van der Waals surface area contributed by atoms with E-state index in [0.29, 0.717) is 37.8 Å². The van der Waals surface area contributed by atoms with E-state index >= 15 is 0 Å². The summed E-state index contributed by atoms with van der Waals surface area (Å²) in [5, 5.41) is 18.4. The molecule has 34 heavy (non-hydrogen) atoms. The molecule has 2 N–H and O–H groups in total. The van der Waals surface area contributed by atoms with Crippen molar-refractivity contribution in [2.45, 2.75) is 77.2 Å². The van der Waals surface area contributed by atoms with Gasteiger partial charge in [0.15, 0.2) is 5.78 Å². The van der Waals surface area contributed by atoms with Crippen LogP contribution in [0.2, 0.25) is 0 Å². The molecule has 2 aromatic rings. The molecule has 1 amide bonds. The maximum atomic E-state index is 13.0. The molecule has 1 saturated heterocycles. The molecule has 0 unspecified atom stereocenters. The predicted molar refractivity (Wildman–Crippen MR) is 132 cm³/mol. The van der Waals surface area contributed by atoms with Gasteiger partial charge in [-0.15, -0.1) is 0 Å². The van der Waals surface area contributed by atoms with Crippen molar-refractivity contribution in [2.24, 2.45) is 0 Å². The number of hydrogen-bond donors (Lipinski definition) is 2. The third-order valence-corrected chi connectivity index (χ3v) is 6.64. The van der Waals surface area contributed by atoms with Gasteiger partial charge in [0.25, 0.3) is 0 Å². The Bertz CT molecular complexity index is 1020. The standard InChI is InChI=1S/C28H35NO5/c1-20-18-24(30)14-15-25(20)21-8-6-9-22(19-21)26(31)16-13-23-10-7-11-27(32)29(23)17-5-3-2-4-12-28(33)34/h6,8-9,14-15,18-19,23,30H,2-5,7,10-13,16-17H2,1H3,(H,33,34)/t23-/m1/s1. The van der Waals surface area contributed by atoms with Gasteiger partial charge in [-0.3, -0.25) is 14.4 Å². The molecule has 6 heteroatoms. The van der Waals surface area contributed by atoms with Crippen LogP contribution in [-0.2, 0) is 9.59 Å². The molecule has 1 aliphatic heterocycles. The first kappa shape index (κ1) is 25.5. The quantitative estimate of drug-likeness (QED) is 0.308. The molecular weight excluding hydrogens is 430 g/mol. The SMILES string of the molecule is Cc1cc(O)ccc1-c1cccc(C(=O)CC[C@H]2CCCC(=O)N2CCCCCCC(=O)O)c1. The van der Waals surface area contributed by atoms with E-state index in [0.717, 1.165) is 48.8 Å². The first-order chi connectivity index (χ1) is 16.3. The summed E-state index contributed by atoms with van der Waals surface area (Å²) in [6, 6.07) is 12.9. The summed E-state index contributed by atoms with van der Waals surface area (Å²) >= 11 is 0. The molecule has 0 bridgehead atoms. The van der Waals surface area contributed by atoms with E-state index in [9.17, 15) is 19.5 Å². The number of Topliss-reactive ketones (excluding diaryl/α,β-unsaturated/α-hetero) is 1. The molecule has 0 radical (unpaired) electrons. The Morgan fingerprint density at radius 3 is 2.59 bits per heavy atom. The molecule has 0 aromatic heterocycles. The number of hydrogen-bond acceptors (Lipinski definition) is 4. The number of likely N-dealkylation sites (tertiary alicyclic amines) is 1. The number of rotatable bonds is 12. The van der Waals surface area contributed by atoms with Crippen LogP contribution in [0.15, 0.2) is 42.5 Å². The summed E-state index contributed by atoms with van der Waals surface area (Å²) < 4.78 is 0. The molecular formula is C28H35NO5. The highest BCUT2D eigenvalue weighted by Gasteiger charge is 2.28.